The number of benzene rings is 2. The van der Waals surface area contributed by atoms with Gasteiger partial charge in [0.05, 0.1) is 9.80 Å². The number of thiazole rings is 1. The van der Waals surface area contributed by atoms with Crippen molar-refractivity contribution in [2.75, 3.05) is 0 Å². The van der Waals surface area contributed by atoms with E-state index in [-0.39, 0.29) is 5.69 Å². The summed E-state index contributed by atoms with van der Waals surface area (Å²) < 4.78 is 2.81. The summed E-state index contributed by atoms with van der Waals surface area (Å²) >= 11 is 6.92. The Balaban J connectivity index is 1.88. The maximum atomic E-state index is 10.7. The number of rotatable bonds is 4. The highest BCUT2D eigenvalue weighted by Crippen LogP contribution is 2.28. The third-order valence-electron chi connectivity index (χ3n) is 3.26. The minimum absolute atomic E-state index is 0.0936. The summed E-state index contributed by atoms with van der Waals surface area (Å²) in [5.74, 6) is 0. The maximum absolute atomic E-state index is 10.7. The SMILES string of the molecule is O=[N+]([O-])c1ccc(-c2cn(Cc3ccccc3)c(=S)s2)cc1. The van der Waals surface area contributed by atoms with Crippen LogP contribution in [0.4, 0.5) is 5.69 Å². The molecule has 0 atom stereocenters. The fourth-order valence-electron chi connectivity index (χ4n) is 2.14. The van der Waals surface area contributed by atoms with Gasteiger partial charge in [0.2, 0.25) is 0 Å². The summed E-state index contributed by atoms with van der Waals surface area (Å²) in [7, 11) is 0. The number of nitro benzene ring substituents is 1. The van der Waals surface area contributed by atoms with Crippen LogP contribution in [0.15, 0.2) is 60.8 Å². The van der Waals surface area contributed by atoms with Crippen molar-refractivity contribution in [2.45, 2.75) is 6.54 Å². The third-order valence-corrected chi connectivity index (χ3v) is 4.72. The van der Waals surface area contributed by atoms with E-state index in [4.69, 9.17) is 12.2 Å². The molecule has 3 aromatic rings. The van der Waals surface area contributed by atoms with Crippen LogP contribution in [-0.2, 0) is 6.54 Å². The van der Waals surface area contributed by atoms with E-state index in [1.807, 2.05) is 29.0 Å². The van der Waals surface area contributed by atoms with Crippen LogP contribution < -0.4 is 0 Å². The number of aromatic nitrogens is 1. The standard InChI is InChI=1S/C16H12N2O2S2/c19-18(20)14-8-6-13(7-9-14)15-11-17(16(21)22-15)10-12-4-2-1-3-5-12/h1-9,11H,10H2. The molecule has 0 amide bonds. The largest absolute Gasteiger partial charge is 0.325 e. The van der Waals surface area contributed by atoms with E-state index in [1.165, 1.54) is 29.0 Å². The van der Waals surface area contributed by atoms with Gasteiger partial charge in [-0.2, -0.15) is 0 Å². The highest BCUT2D eigenvalue weighted by Gasteiger charge is 2.08. The normalized spacial score (nSPS) is 10.5. The van der Waals surface area contributed by atoms with Crippen LogP contribution in [-0.4, -0.2) is 9.49 Å². The lowest BCUT2D eigenvalue weighted by Gasteiger charge is -2.02. The molecule has 0 spiro atoms. The Bertz CT molecular complexity index is 852. The summed E-state index contributed by atoms with van der Waals surface area (Å²) in [6.45, 7) is 0.725. The number of hydrogen-bond donors (Lipinski definition) is 0. The van der Waals surface area contributed by atoms with E-state index in [0.29, 0.717) is 0 Å². The van der Waals surface area contributed by atoms with Gasteiger partial charge in [0, 0.05) is 24.9 Å². The van der Waals surface area contributed by atoms with Crippen LogP contribution in [0.25, 0.3) is 10.4 Å². The van der Waals surface area contributed by atoms with E-state index in [9.17, 15) is 10.1 Å². The molecule has 1 heterocycles. The Morgan fingerprint density at radius 3 is 2.41 bits per heavy atom. The second kappa shape index (κ2) is 6.21. The zero-order valence-electron chi connectivity index (χ0n) is 11.5. The van der Waals surface area contributed by atoms with Crippen molar-refractivity contribution in [3.05, 3.63) is 80.4 Å². The van der Waals surface area contributed by atoms with Crippen molar-refractivity contribution in [3.8, 4) is 10.4 Å². The van der Waals surface area contributed by atoms with E-state index in [0.717, 1.165) is 20.9 Å². The topological polar surface area (TPSA) is 48.1 Å². The van der Waals surface area contributed by atoms with Crippen LogP contribution >= 0.6 is 23.6 Å². The minimum atomic E-state index is -0.397. The van der Waals surface area contributed by atoms with Gasteiger partial charge in [-0.15, -0.1) is 11.3 Å². The van der Waals surface area contributed by atoms with Gasteiger partial charge in [0.15, 0.2) is 3.95 Å². The van der Waals surface area contributed by atoms with Gasteiger partial charge < -0.3 is 4.57 Å². The molecule has 4 nitrogen and oxygen atoms in total. The van der Waals surface area contributed by atoms with E-state index >= 15 is 0 Å². The molecule has 0 saturated heterocycles. The van der Waals surface area contributed by atoms with E-state index in [2.05, 4.69) is 12.1 Å². The monoisotopic (exact) mass is 328 g/mol. The molecule has 110 valence electrons. The van der Waals surface area contributed by atoms with Gasteiger partial charge in [-0.3, -0.25) is 10.1 Å². The summed E-state index contributed by atoms with van der Waals surface area (Å²) in [6.07, 6.45) is 2.00. The number of nitro groups is 1. The average molecular weight is 328 g/mol. The van der Waals surface area contributed by atoms with Gasteiger partial charge in [0.25, 0.3) is 5.69 Å². The van der Waals surface area contributed by atoms with E-state index < -0.39 is 4.92 Å². The lowest BCUT2D eigenvalue weighted by atomic mass is 10.2. The van der Waals surface area contributed by atoms with Gasteiger partial charge in [-0.1, -0.05) is 30.3 Å². The highest BCUT2D eigenvalue weighted by atomic mass is 32.1. The summed E-state index contributed by atoms with van der Waals surface area (Å²) in [6, 6.07) is 16.6. The quantitative estimate of drug-likeness (QED) is 0.389. The molecule has 0 fully saturated rings. The summed E-state index contributed by atoms with van der Waals surface area (Å²) in [4.78, 5) is 11.3. The second-order valence-electron chi connectivity index (χ2n) is 4.78. The van der Waals surface area contributed by atoms with Gasteiger partial charge in [-0.05, 0) is 35.5 Å². The molecular formula is C16H12N2O2S2. The Hall–Kier alpha value is -2.31. The van der Waals surface area contributed by atoms with Gasteiger partial charge >= 0.3 is 0 Å². The Morgan fingerprint density at radius 2 is 1.77 bits per heavy atom. The molecule has 0 bridgehead atoms. The van der Waals surface area contributed by atoms with Crippen molar-refractivity contribution < 1.29 is 4.92 Å². The highest BCUT2D eigenvalue weighted by molar-refractivity contribution is 7.73. The van der Waals surface area contributed by atoms with Crippen LogP contribution in [0.2, 0.25) is 0 Å². The molecule has 0 unspecified atom stereocenters. The van der Waals surface area contributed by atoms with Crippen LogP contribution in [0.3, 0.4) is 0 Å². The lowest BCUT2D eigenvalue weighted by Crippen LogP contribution is -1.96. The number of nitrogens with zero attached hydrogens (tertiary/aromatic N) is 2. The molecule has 3 rings (SSSR count). The zero-order valence-corrected chi connectivity index (χ0v) is 13.1. The average Bonchev–Trinajstić information content (AvgIpc) is 2.89. The first-order valence-electron chi connectivity index (χ1n) is 6.62. The van der Waals surface area contributed by atoms with Crippen molar-refractivity contribution in [1.29, 1.82) is 0 Å². The predicted octanol–water partition coefficient (Wildman–Crippen LogP) is 4.90. The first kappa shape index (κ1) is 14.6. The first-order chi connectivity index (χ1) is 10.6. The summed E-state index contributed by atoms with van der Waals surface area (Å²) in [5, 5.41) is 10.7. The molecule has 0 aliphatic heterocycles. The van der Waals surface area contributed by atoms with Crippen molar-refractivity contribution in [2.24, 2.45) is 0 Å². The van der Waals surface area contributed by atoms with Gasteiger partial charge in [-0.25, -0.2) is 0 Å². The van der Waals surface area contributed by atoms with Crippen LogP contribution in [0.5, 0.6) is 0 Å². The molecule has 22 heavy (non-hydrogen) atoms. The number of non-ortho nitro benzene ring substituents is 1. The maximum Gasteiger partial charge on any atom is 0.269 e. The minimum Gasteiger partial charge on any atom is -0.325 e. The van der Waals surface area contributed by atoms with Crippen molar-refractivity contribution in [1.82, 2.24) is 4.57 Å². The molecule has 0 N–H and O–H groups in total. The first-order valence-corrected chi connectivity index (χ1v) is 7.85. The second-order valence-corrected chi connectivity index (χ2v) is 6.45. The lowest BCUT2D eigenvalue weighted by molar-refractivity contribution is -0.384. The fourth-order valence-corrected chi connectivity index (χ4v) is 3.39. The van der Waals surface area contributed by atoms with Crippen LogP contribution in [0.1, 0.15) is 5.56 Å². The molecule has 0 radical (unpaired) electrons. The van der Waals surface area contributed by atoms with Gasteiger partial charge in [0.1, 0.15) is 0 Å². The molecule has 2 aromatic carbocycles. The Morgan fingerprint density at radius 1 is 1.09 bits per heavy atom. The fraction of sp³-hybridized carbons (Fsp3) is 0.0625. The third kappa shape index (κ3) is 3.13. The molecule has 0 aliphatic carbocycles. The molecule has 0 aliphatic rings. The van der Waals surface area contributed by atoms with Crippen molar-refractivity contribution in [3.63, 3.8) is 0 Å². The summed E-state index contributed by atoms with van der Waals surface area (Å²) in [5.41, 5.74) is 2.22. The predicted molar refractivity (Wildman–Crippen MR) is 90.8 cm³/mol. The molecule has 1 aromatic heterocycles. The van der Waals surface area contributed by atoms with Crippen LogP contribution in [0, 0.1) is 14.1 Å². The number of hydrogen-bond acceptors (Lipinski definition) is 4. The zero-order chi connectivity index (χ0) is 15.5. The molecule has 6 heteroatoms. The van der Waals surface area contributed by atoms with E-state index in [1.54, 1.807) is 12.1 Å². The Labute approximate surface area is 136 Å². The van der Waals surface area contributed by atoms with Crippen molar-refractivity contribution >= 4 is 29.2 Å². The smallest absolute Gasteiger partial charge is 0.269 e. The molecule has 0 saturated carbocycles. The Kier molecular flexibility index (Phi) is 4.13. The molecular weight excluding hydrogens is 316 g/mol.